The molecule has 0 aliphatic rings. The topological polar surface area (TPSA) is 56.8 Å². The molecule has 0 atom stereocenters. The molecule has 2 aromatic rings. The quantitative estimate of drug-likeness (QED) is 0.688. The highest BCUT2D eigenvalue weighted by atomic mass is 19.1. The minimum atomic E-state index is -0.438. The van der Waals surface area contributed by atoms with Crippen molar-refractivity contribution in [1.82, 2.24) is 0 Å². The van der Waals surface area contributed by atoms with Crippen LogP contribution in [0, 0.1) is 5.82 Å². The Morgan fingerprint density at radius 3 is 2.65 bits per heavy atom. The van der Waals surface area contributed by atoms with Gasteiger partial charge in [0, 0.05) is 6.07 Å². The molecular formula is C20H22FNO4. The predicted molar refractivity (Wildman–Crippen MR) is 98.6 cm³/mol. The molecule has 0 fully saturated rings. The summed E-state index contributed by atoms with van der Waals surface area (Å²) in [5.41, 5.74) is 1.41. The monoisotopic (exact) mass is 359 g/mol. The second kappa shape index (κ2) is 9.46. The van der Waals surface area contributed by atoms with Gasteiger partial charge < -0.3 is 19.5 Å². The van der Waals surface area contributed by atoms with Gasteiger partial charge in [0.15, 0.2) is 18.1 Å². The van der Waals surface area contributed by atoms with E-state index in [1.54, 1.807) is 19.1 Å². The second-order valence-electron chi connectivity index (χ2n) is 5.39. The highest BCUT2D eigenvalue weighted by molar-refractivity contribution is 5.93. The molecule has 0 saturated carbocycles. The molecule has 0 heterocycles. The fraction of sp³-hybridized carbons (Fsp3) is 0.250. The molecule has 0 spiro atoms. The Morgan fingerprint density at radius 2 is 1.96 bits per heavy atom. The van der Waals surface area contributed by atoms with Crippen molar-refractivity contribution < 1.29 is 23.4 Å². The van der Waals surface area contributed by atoms with E-state index in [1.165, 1.54) is 25.3 Å². The summed E-state index contributed by atoms with van der Waals surface area (Å²) in [4.78, 5) is 12.2. The largest absolute Gasteiger partial charge is 0.493 e. The van der Waals surface area contributed by atoms with E-state index >= 15 is 0 Å². The smallest absolute Gasteiger partial charge is 0.262 e. The van der Waals surface area contributed by atoms with E-state index in [9.17, 15) is 9.18 Å². The summed E-state index contributed by atoms with van der Waals surface area (Å²) >= 11 is 0. The first-order valence-electron chi connectivity index (χ1n) is 8.20. The van der Waals surface area contributed by atoms with Gasteiger partial charge in [0.2, 0.25) is 0 Å². The second-order valence-corrected chi connectivity index (χ2v) is 5.39. The number of ether oxygens (including phenoxy) is 3. The molecule has 0 radical (unpaired) electrons. The molecule has 0 aliphatic heterocycles. The van der Waals surface area contributed by atoms with Gasteiger partial charge in [0.05, 0.1) is 19.4 Å². The summed E-state index contributed by atoms with van der Waals surface area (Å²) in [6, 6.07) is 9.38. The number of amides is 1. The molecule has 5 nitrogen and oxygen atoms in total. The van der Waals surface area contributed by atoms with Crippen molar-refractivity contribution in [2.45, 2.75) is 13.3 Å². The summed E-state index contributed by atoms with van der Waals surface area (Å²) in [6.07, 6.45) is 2.50. The van der Waals surface area contributed by atoms with E-state index < -0.39 is 11.7 Å². The predicted octanol–water partition coefficient (Wildman–Crippen LogP) is 3.98. The maximum atomic E-state index is 13.3. The Hall–Kier alpha value is -3.02. The van der Waals surface area contributed by atoms with Crippen LogP contribution in [0.15, 0.2) is 49.1 Å². The molecule has 0 aliphatic carbocycles. The van der Waals surface area contributed by atoms with Crippen LogP contribution in [0.1, 0.15) is 12.5 Å². The van der Waals surface area contributed by atoms with Crippen LogP contribution in [-0.2, 0) is 11.2 Å². The molecule has 0 bridgehead atoms. The summed E-state index contributed by atoms with van der Waals surface area (Å²) in [5.74, 6) is 0.433. The molecule has 26 heavy (non-hydrogen) atoms. The van der Waals surface area contributed by atoms with E-state index in [4.69, 9.17) is 14.2 Å². The zero-order chi connectivity index (χ0) is 18.9. The number of hydrogen-bond donors (Lipinski definition) is 1. The zero-order valence-corrected chi connectivity index (χ0v) is 14.9. The van der Waals surface area contributed by atoms with Crippen LogP contribution in [0.4, 0.5) is 10.1 Å². The first-order chi connectivity index (χ1) is 12.6. The normalized spacial score (nSPS) is 10.1. The van der Waals surface area contributed by atoms with E-state index in [1.807, 2.05) is 12.1 Å². The van der Waals surface area contributed by atoms with Gasteiger partial charge in [-0.05, 0) is 43.2 Å². The summed E-state index contributed by atoms with van der Waals surface area (Å²) in [7, 11) is 1.53. The van der Waals surface area contributed by atoms with Gasteiger partial charge in [0.25, 0.3) is 5.91 Å². The van der Waals surface area contributed by atoms with Gasteiger partial charge in [-0.15, -0.1) is 6.58 Å². The van der Waals surface area contributed by atoms with Crippen LogP contribution in [0.25, 0.3) is 0 Å². The molecule has 0 saturated heterocycles. The van der Waals surface area contributed by atoms with E-state index in [2.05, 4.69) is 11.9 Å². The van der Waals surface area contributed by atoms with Crippen molar-refractivity contribution in [3.8, 4) is 17.2 Å². The fourth-order valence-corrected chi connectivity index (χ4v) is 2.33. The SMILES string of the molecule is C=CCc1ccc(OCC(=O)Nc2ccc(F)cc2OCC)c(OC)c1. The third-order valence-electron chi connectivity index (χ3n) is 3.48. The van der Waals surface area contributed by atoms with E-state index in [0.717, 1.165) is 5.56 Å². The summed E-state index contributed by atoms with van der Waals surface area (Å²) in [5, 5.41) is 2.65. The highest BCUT2D eigenvalue weighted by Gasteiger charge is 2.12. The lowest BCUT2D eigenvalue weighted by atomic mass is 10.1. The lowest BCUT2D eigenvalue weighted by Gasteiger charge is -2.14. The molecule has 1 N–H and O–H groups in total. The summed E-state index contributed by atoms with van der Waals surface area (Å²) < 4.78 is 29.5. The molecule has 0 unspecified atom stereocenters. The molecule has 2 rings (SSSR count). The number of nitrogens with one attached hydrogen (secondary N) is 1. The fourth-order valence-electron chi connectivity index (χ4n) is 2.33. The Labute approximate surface area is 152 Å². The average molecular weight is 359 g/mol. The zero-order valence-electron chi connectivity index (χ0n) is 14.9. The molecular weight excluding hydrogens is 337 g/mol. The number of allylic oxidation sites excluding steroid dienone is 1. The average Bonchev–Trinajstić information content (AvgIpc) is 2.63. The van der Waals surface area contributed by atoms with Crippen LogP contribution in [0.3, 0.4) is 0 Å². The van der Waals surface area contributed by atoms with Crippen molar-refractivity contribution in [2.75, 3.05) is 25.6 Å². The number of hydrogen-bond acceptors (Lipinski definition) is 4. The Balaban J connectivity index is 2.02. The number of carbonyl (C=O) groups is 1. The molecule has 2 aromatic carbocycles. The Bertz CT molecular complexity index is 776. The summed E-state index contributed by atoms with van der Waals surface area (Å²) in [6.45, 7) is 5.62. The van der Waals surface area contributed by atoms with Crippen molar-refractivity contribution in [2.24, 2.45) is 0 Å². The maximum absolute atomic E-state index is 13.3. The number of halogens is 1. The molecule has 138 valence electrons. The van der Waals surface area contributed by atoms with Crippen LogP contribution >= 0.6 is 0 Å². The van der Waals surface area contributed by atoms with E-state index in [-0.39, 0.29) is 12.4 Å². The minimum absolute atomic E-state index is 0.222. The van der Waals surface area contributed by atoms with Crippen molar-refractivity contribution in [3.63, 3.8) is 0 Å². The van der Waals surface area contributed by atoms with Gasteiger partial charge in [-0.25, -0.2) is 4.39 Å². The number of methoxy groups -OCH3 is 1. The first-order valence-corrected chi connectivity index (χ1v) is 8.20. The lowest BCUT2D eigenvalue weighted by molar-refractivity contribution is -0.118. The first kappa shape index (κ1) is 19.3. The Morgan fingerprint density at radius 1 is 1.15 bits per heavy atom. The number of rotatable bonds is 9. The van der Waals surface area contributed by atoms with Crippen LogP contribution < -0.4 is 19.5 Å². The van der Waals surface area contributed by atoms with Crippen molar-refractivity contribution in [1.29, 1.82) is 0 Å². The maximum Gasteiger partial charge on any atom is 0.262 e. The molecule has 1 amide bonds. The van der Waals surface area contributed by atoms with E-state index in [0.29, 0.717) is 30.2 Å². The molecule has 0 aromatic heterocycles. The van der Waals surface area contributed by atoms with Crippen LogP contribution in [-0.4, -0.2) is 26.2 Å². The van der Waals surface area contributed by atoms with Gasteiger partial charge in [-0.3, -0.25) is 4.79 Å². The highest BCUT2D eigenvalue weighted by Crippen LogP contribution is 2.29. The van der Waals surface area contributed by atoms with Crippen LogP contribution in [0.5, 0.6) is 17.2 Å². The van der Waals surface area contributed by atoms with Gasteiger partial charge in [-0.2, -0.15) is 0 Å². The van der Waals surface area contributed by atoms with Crippen LogP contribution in [0.2, 0.25) is 0 Å². The molecule has 6 heteroatoms. The standard InChI is InChI=1S/C20H22FNO4/c1-4-6-14-7-10-17(19(11-14)24-3)26-13-20(23)22-16-9-8-15(21)12-18(16)25-5-2/h4,7-12H,1,5-6,13H2,2-3H3,(H,22,23). The van der Waals surface area contributed by atoms with Gasteiger partial charge in [0.1, 0.15) is 11.6 Å². The number of benzene rings is 2. The Kier molecular flexibility index (Phi) is 7.02. The van der Waals surface area contributed by atoms with Gasteiger partial charge in [-0.1, -0.05) is 12.1 Å². The number of anilines is 1. The lowest BCUT2D eigenvalue weighted by Crippen LogP contribution is -2.21. The third kappa shape index (κ3) is 5.24. The van der Waals surface area contributed by atoms with Crippen molar-refractivity contribution >= 4 is 11.6 Å². The van der Waals surface area contributed by atoms with Crippen molar-refractivity contribution in [3.05, 3.63) is 60.4 Å². The number of carbonyl (C=O) groups excluding carboxylic acids is 1. The third-order valence-corrected chi connectivity index (χ3v) is 3.48. The minimum Gasteiger partial charge on any atom is -0.493 e. The van der Waals surface area contributed by atoms with Gasteiger partial charge >= 0.3 is 0 Å².